The highest BCUT2D eigenvalue weighted by molar-refractivity contribution is 5.96. The van der Waals surface area contributed by atoms with Crippen molar-refractivity contribution in [2.75, 3.05) is 29.0 Å². The van der Waals surface area contributed by atoms with Gasteiger partial charge in [0.1, 0.15) is 11.6 Å². The van der Waals surface area contributed by atoms with E-state index < -0.39 is 17.8 Å². The maximum Gasteiger partial charge on any atom is 0.416 e. The van der Waals surface area contributed by atoms with E-state index in [2.05, 4.69) is 28.2 Å². The second kappa shape index (κ2) is 8.88. The number of benzene rings is 2. The van der Waals surface area contributed by atoms with Crippen LogP contribution in [0.1, 0.15) is 67.2 Å². The van der Waals surface area contributed by atoms with Gasteiger partial charge in [-0.05, 0) is 92.8 Å². The van der Waals surface area contributed by atoms with Gasteiger partial charge >= 0.3 is 6.18 Å². The van der Waals surface area contributed by atoms with Crippen molar-refractivity contribution in [3.8, 4) is 0 Å². The summed E-state index contributed by atoms with van der Waals surface area (Å²) in [5.41, 5.74) is 10.5. The molecule has 5 rings (SSSR count). The zero-order valence-electron chi connectivity index (χ0n) is 20.5. The zero-order valence-corrected chi connectivity index (χ0v) is 20.5. The molecule has 35 heavy (non-hydrogen) atoms. The number of nitrogen functional groups attached to an aromatic ring is 1. The summed E-state index contributed by atoms with van der Waals surface area (Å²) in [4.78, 5) is 12.0. The van der Waals surface area contributed by atoms with Crippen molar-refractivity contribution in [1.29, 1.82) is 0 Å². The first-order valence-corrected chi connectivity index (χ1v) is 12.4. The van der Waals surface area contributed by atoms with Gasteiger partial charge in [-0.1, -0.05) is 6.92 Å². The van der Waals surface area contributed by atoms with Gasteiger partial charge in [-0.25, -0.2) is 9.97 Å². The molecule has 1 aliphatic carbocycles. The van der Waals surface area contributed by atoms with Crippen LogP contribution >= 0.6 is 0 Å². The van der Waals surface area contributed by atoms with Crippen molar-refractivity contribution in [2.45, 2.75) is 65.1 Å². The molecule has 3 N–H and O–H groups in total. The first-order valence-electron chi connectivity index (χ1n) is 12.4. The number of hydrogen-bond donors (Lipinski definition) is 2. The monoisotopic (exact) mass is 483 g/mol. The lowest BCUT2D eigenvalue weighted by Gasteiger charge is -2.34. The van der Waals surface area contributed by atoms with Gasteiger partial charge in [0.05, 0.1) is 17.1 Å². The predicted molar refractivity (Wildman–Crippen MR) is 135 cm³/mol. The van der Waals surface area contributed by atoms with Crippen molar-refractivity contribution in [3.63, 3.8) is 0 Å². The molecule has 0 radical (unpaired) electrons. The second-order valence-corrected chi connectivity index (χ2v) is 10.1. The van der Waals surface area contributed by atoms with Crippen LogP contribution in [0.15, 0.2) is 24.3 Å². The van der Waals surface area contributed by atoms with Crippen LogP contribution in [0.4, 0.5) is 30.4 Å². The summed E-state index contributed by atoms with van der Waals surface area (Å²) in [6.07, 6.45) is 1.05. The maximum atomic E-state index is 13.4. The van der Waals surface area contributed by atoms with Crippen LogP contribution in [0.3, 0.4) is 0 Å². The van der Waals surface area contributed by atoms with E-state index in [0.717, 1.165) is 61.3 Å². The Bertz CT molecular complexity index is 1260. The van der Waals surface area contributed by atoms with E-state index in [9.17, 15) is 13.2 Å². The molecule has 0 spiro atoms. The number of hydrogen-bond acceptors (Lipinski definition) is 5. The summed E-state index contributed by atoms with van der Waals surface area (Å²) < 4.78 is 40.1. The Morgan fingerprint density at radius 3 is 2.49 bits per heavy atom. The third-order valence-corrected chi connectivity index (χ3v) is 7.43. The number of nitrogens with two attached hydrogens (primary N) is 1. The maximum absolute atomic E-state index is 13.4. The van der Waals surface area contributed by atoms with E-state index in [4.69, 9.17) is 10.7 Å². The quantitative estimate of drug-likeness (QED) is 0.418. The van der Waals surface area contributed by atoms with Crippen molar-refractivity contribution in [2.24, 2.45) is 5.92 Å². The average molecular weight is 484 g/mol. The third kappa shape index (κ3) is 4.62. The molecular weight excluding hydrogens is 451 g/mol. The minimum atomic E-state index is -4.45. The molecule has 2 aromatic carbocycles. The van der Waals surface area contributed by atoms with Crippen LogP contribution in [0.25, 0.3) is 10.9 Å². The Hall–Kier alpha value is -3.03. The Morgan fingerprint density at radius 1 is 1.06 bits per heavy atom. The summed E-state index contributed by atoms with van der Waals surface area (Å²) in [5.74, 6) is 2.03. The van der Waals surface area contributed by atoms with Gasteiger partial charge in [-0.3, -0.25) is 0 Å². The molecule has 1 fully saturated rings. The topological polar surface area (TPSA) is 67.1 Å². The largest absolute Gasteiger partial charge is 0.416 e. The fraction of sp³-hybridized carbons (Fsp3) is 0.481. The average Bonchev–Trinajstić information content (AvgIpc) is 3.29. The van der Waals surface area contributed by atoms with Gasteiger partial charge in [0.15, 0.2) is 0 Å². The molecule has 0 saturated carbocycles. The molecule has 1 saturated heterocycles. The van der Waals surface area contributed by atoms with E-state index in [0.29, 0.717) is 17.2 Å². The van der Waals surface area contributed by atoms with E-state index in [1.807, 2.05) is 13.8 Å². The van der Waals surface area contributed by atoms with Crippen molar-refractivity contribution in [3.05, 3.63) is 52.3 Å². The van der Waals surface area contributed by atoms with E-state index in [1.54, 1.807) is 6.07 Å². The van der Waals surface area contributed by atoms with Gasteiger partial charge in [0.2, 0.25) is 0 Å². The molecule has 8 heteroatoms. The number of fused-ring (bicyclic) bond motifs is 3. The number of aromatic nitrogens is 2. The first-order chi connectivity index (χ1) is 16.6. The number of alkyl halides is 3. The van der Waals surface area contributed by atoms with Crippen molar-refractivity contribution in [1.82, 2.24) is 9.97 Å². The van der Waals surface area contributed by atoms with Gasteiger partial charge in [0, 0.05) is 29.9 Å². The number of rotatable bonds is 4. The van der Waals surface area contributed by atoms with Crippen LogP contribution in [0.2, 0.25) is 0 Å². The predicted octanol–water partition coefficient (Wildman–Crippen LogP) is 6.44. The number of aryl methyl sites for hydroxylation is 2. The minimum Gasteiger partial charge on any atom is -0.399 e. The van der Waals surface area contributed by atoms with Crippen LogP contribution < -0.4 is 16.0 Å². The number of nitrogens with zero attached hydrogens (tertiary/aromatic N) is 3. The number of piperidine rings is 1. The van der Waals surface area contributed by atoms with E-state index >= 15 is 0 Å². The fourth-order valence-corrected chi connectivity index (χ4v) is 5.48. The number of nitrogens with one attached hydrogen (secondary N) is 1. The van der Waals surface area contributed by atoms with Gasteiger partial charge in [-0.15, -0.1) is 0 Å². The van der Waals surface area contributed by atoms with Gasteiger partial charge < -0.3 is 16.0 Å². The number of halogens is 3. The molecule has 0 unspecified atom stereocenters. The molecule has 2 aliphatic rings. The van der Waals surface area contributed by atoms with Crippen molar-refractivity contribution < 1.29 is 13.2 Å². The highest BCUT2D eigenvalue weighted by Crippen LogP contribution is 2.41. The molecule has 5 nitrogen and oxygen atoms in total. The molecule has 1 atom stereocenters. The molecule has 0 amide bonds. The zero-order chi connectivity index (χ0) is 24.9. The second-order valence-electron chi connectivity index (χ2n) is 10.1. The summed E-state index contributed by atoms with van der Waals surface area (Å²) in [6.45, 7) is 8.07. The third-order valence-electron chi connectivity index (χ3n) is 7.43. The highest BCUT2D eigenvalue weighted by atomic mass is 19.4. The molecule has 0 bridgehead atoms. The lowest BCUT2D eigenvalue weighted by Crippen LogP contribution is -2.33. The van der Waals surface area contributed by atoms with Gasteiger partial charge in [0.25, 0.3) is 0 Å². The minimum absolute atomic E-state index is 0.0895. The van der Waals surface area contributed by atoms with Crippen molar-refractivity contribution >= 4 is 28.1 Å². The first kappa shape index (κ1) is 23.7. The molecule has 186 valence electrons. The normalized spacial score (nSPS) is 17.6. The highest BCUT2D eigenvalue weighted by Gasteiger charge is 2.32. The molecular formula is C27H32F3N5. The summed E-state index contributed by atoms with van der Waals surface area (Å²) in [6, 6.07) is 5.48. The lowest BCUT2D eigenvalue weighted by atomic mass is 9.96. The summed E-state index contributed by atoms with van der Waals surface area (Å²) in [7, 11) is 0. The number of anilines is 3. The Balaban J connectivity index is 1.57. The molecule has 1 aromatic heterocycles. The van der Waals surface area contributed by atoms with Gasteiger partial charge in [-0.2, -0.15) is 13.2 Å². The Kier molecular flexibility index (Phi) is 6.01. The van der Waals surface area contributed by atoms with Crippen LogP contribution in [0, 0.1) is 12.8 Å². The fourth-order valence-electron chi connectivity index (χ4n) is 5.48. The molecule has 2 heterocycles. The molecule has 1 aliphatic heterocycles. The van der Waals surface area contributed by atoms with Crippen LogP contribution in [-0.2, 0) is 19.0 Å². The molecule has 3 aromatic rings. The standard InChI is InChI=1S/C27H32F3N5/c1-15-7-9-35(10-8-15)24-14-23-25(22-6-4-5-21(22)24)33-17(3)34-26(23)32-16(2)18-11-19(27(28,29)30)13-20(31)12-18/h11-16H,4-10,31H2,1-3H3,(H,32,33,34)/t16-/m1/s1. The summed E-state index contributed by atoms with van der Waals surface area (Å²) >= 11 is 0. The van der Waals surface area contributed by atoms with E-state index in [1.165, 1.54) is 29.7 Å². The Morgan fingerprint density at radius 2 is 1.77 bits per heavy atom. The summed E-state index contributed by atoms with van der Waals surface area (Å²) in [5, 5.41) is 4.31. The van der Waals surface area contributed by atoms with Crippen LogP contribution in [0.5, 0.6) is 0 Å². The van der Waals surface area contributed by atoms with Crippen LogP contribution in [-0.4, -0.2) is 23.1 Å². The Labute approximate surface area is 203 Å². The smallest absolute Gasteiger partial charge is 0.399 e. The SMILES string of the molecule is Cc1nc(N[C@H](C)c2cc(N)cc(C(F)(F)F)c2)c2cc(N3CCC(C)CC3)c3c(c2n1)CCC3. The van der Waals surface area contributed by atoms with E-state index in [-0.39, 0.29) is 5.69 Å². The lowest BCUT2D eigenvalue weighted by molar-refractivity contribution is -0.137.